The Morgan fingerprint density at radius 3 is 2.47 bits per heavy atom. The fraction of sp³-hybridized carbons (Fsp3) is 0.0435. The number of rotatable bonds is 5. The molecule has 0 N–H and O–H groups in total. The van der Waals surface area contributed by atoms with Gasteiger partial charge in [-0.05, 0) is 60.2 Å². The molecule has 1 amide bonds. The maximum Gasteiger partial charge on any atom is 0.270 e. The summed E-state index contributed by atoms with van der Waals surface area (Å²) in [5.74, 6) is 0.407. The number of nitrogens with zero attached hydrogens (tertiary/aromatic N) is 1. The normalized spacial score (nSPS) is 15.0. The van der Waals surface area contributed by atoms with Crippen molar-refractivity contribution in [1.82, 2.24) is 0 Å². The van der Waals surface area contributed by atoms with Crippen LogP contribution in [0, 0.1) is 0 Å². The van der Waals surface area contributed by atoms with E-state index < -0.39 is 0 Å². The monoisotopic (exact) mass is 583 g/mol. The number of benzene rings is 3. The lowest BCUT2D eigenvalue weighted by Gasteiger charge is -2.15. The summed E-state index contributed by atoms with van der Waals surface area (Å²) in [5.41, 5.74) is 2.30. The minimum atomic E-state index is -0.234. The molecule has 32 heavy (non-hydrogen) atoms. The number of carbonyl (C=O) groups excluding carboxylic acids is 1. The Labute approximate surface area is 218 Å². The van der Waals surface area contributed by atoms with Crippen molar-refractivity contribution in [3.8, 4) is 5.75 Å². The van der Waals surface area contributed by atoms with Gasteiger partial charge in [0, 0.05) is 15.1 Å². The van der Waals surface area contributed by atoms with E-state index in [1.807, 2.05) is 42.5 Å². The first-order chi connectivity index (χ1) is 15.3. The summed E-state index contributed by atoms with van der Waals surface area (Å²) in [6.45, 7) is 0.365. The van der Waals surface area contributed by atoms with E-state index in [9.17, 15) is 4.79 Å². The second kappa shape index (κ2) is 10.2. The van der Waals surface area contributed by atoms with E-state index in [0.717, 1.165) is 15.6 Å². The van der Waals surface area contributed by atoms with Crippen LogP contribution in [0.2, 0.25) is 15.1 Å². The molecule has 0 bridgehead atoms. The maximum atomic E-state index is 13.1. The number of carbonyl (C=O) groups is 1. The van der Waals surface area contributed by atoms with Gasteiger partial charge in [0.15, 0.2) is 4.32 Å². The van der Waals surface area contributed by atoms with Gasteiger partial charge in [0.25, 0.3) is 5.91 Å². The number of thiocarbonyl (C=S) groups is 1. The largest absolute Gasteiger partial charge is 0.488 e. The molecule has 1 aliphatic rings. The summed E-state index contributed by atoms with van der Waals surface area (Å²) < 4.78 is 7.30. The predicted molar refractivity (Wildman–Crippen MR) is 142 cm³/mol. The highest BCUT2D eigenvalue weighted by molar-refractivity contribution is 9.10. The third kappa shape index (κ3) is 5.33. The van der Waals surface area contributed by atoms with Gasteiger partial charge in [-0.25, -0.2) is 0 Å². The zero-order chi connectivity index (χ0) is 22.8. The molecule has 0 unspecified atom stereocenters. The van der Waals surface area contributed by atoms with E-state index in [0.29, 0.717) is 42.3 Å². The Bertz CT molecular complexity index is 1250. The van der Waals surface area contributed by atoms with Crippen LogP contribution in [0.1, 0.15) is 11.1 Å². The quantitative estimate of drug-likeness (QED) is 0.222. The highest BCUT2D eigenvalue weighted by Gasteiger charge is 2.33. The minimum absolute atomic E-state index is 0.234. The van der Waals surface area contributed by atoms with Gasteiger partial charge in [-0.15, -0.1) is 0 Å². The van der Waals surface area contributed by atoms with Crippen LogP contribution in [-0.4, -0.2) is 10.2 Å². The molecule has 1 saturated heterocycles. The molecule has 3 aromatic carbocycles. The molecule has 0 aromatic heterocycles. The molecule has 4 rings (SSSR count). The topological polar surface area (TPSA) is 29.5 Å². The molecule has 1 aliphatic heterocycles. The lowest BCUT2D eigenvalue weighted by atomic mass is 10.1. The van der Waals surface area contributed by atoms with Crippen LogP contribution in [0.5, 0.6) is 5.75 Å². The number of ether oxygens (including phenoxy) is 1. The summed E-state index contributed by atoms with van der Waals surface area (Å²) in [7, 11) is 0. The van der Waals surface area contributed by atoms with Crippen LogP contribution in [0.25, 0.3) is 6.08 Å². The SMILES string of the molecule is O=C1/C(=C/c2cc(Br)ccc2OCc2ccc(Cl)cc2)SC(=S)N1c1ccc(Cl)c(Cl)c1. The van der Waals surface area contributed by atoms with Crippen LogP contribution in [0.15, 0.2) is 70.0 Å². The Hall–Kier alpha value is -1.54. The Morgan fingerprint density at radius 1 is 1.00 bits per heavy atom. The van der Waals surface area contributed by atoms with Crippen LogP contribution in [-0.2, 0) is 11.4 Å². The van der Waals surface area contributed by atoms with E-state index in [1.165, 1.54) is 16.7 Å². The fourth-order valence-corrected chi connectivity index (χ4v) is 5.05. The number of anilines is 1. The van der Waals surface area contributed by atoms with Crippen molar-refractivity contribution in [1.29, 1.82) is 0 Å². The summed E-state index contributed by atoms with van der Waals surface area (Å²) >= 11 is 28.2. The van der Waals surface area contributed by atoms with Gasteiger partial charge in [-0.3, -0.25) is 9.69 Å². The van der Waals surface area contributed by atoms with Crippen molar-refractivity contribution in [2.75, 3.05) is 4.90 Å². The van der Waals surface area contributed by atoms with Crippen LogP contribution in [0.4, 0.5) is 5.69 Å². The molecule has 0 radical (unpaired) electrons. The summed E-state index contributed by atoms with van der Waals surface area (Å²) in [6.07, 6.45) is 1.78. The van der Waals surface area contributed by atoms with E-state index in [4.69, 9.17) is 51.8 Å². The molecule has 0 atom stereocenters. The van der Waals surface area contributed by atoms with Gasteiger partial charge in [0.1, 0.15) is 12.4 Å². The third-order valence-corrected chi connectivity index (χ3v) is 7.31. The molecular formula is C23H13BrCl3NO2S2. The van der Waals surface area contributed by atoms with E-state index in [2.05, 4.69) is 15.9 Å². The molecule has 0 spiro atoms. The molecule has 1 heterocycles. The maximum absolute atomic E-state index is 13.1. The lowest BCUT2D eigenvalue weighted by Crippen LogP contribution is -2.27. The average Bonchev–Trinajstić information content (AvgIpc) is 3.03. The molecule has 162 valence electrons. The second-order valence-corrected chi connectivity index (χ2v) is 10.6. The average molecular weight is 586 g/mol. The van der Waals surface area contributed by atoms with E-state index in [-0.39, 0.29) is 5.91 Å². The van der Waals surface area contributed by atoms with Gasteiger partial charge in [-0.1, -0.05) is 86.8 Å². The Balaban J connectivity index is 1.60. The van der Waals surface area contributed by atoms with E-state index in [1.54, 1.807) is 24.3 Å². The molecule has 9 heteroatoms. The zero-order valence-corrected chi connectivity index (χ0v) is 21.6. The molecule has 3 aromatic rings. The van der Waals surface area contributed by atoms with Crippen molar-refractivity contribution in [2.24, 2.45) is 0 Å². The van der Waals surface area contributed by atoms with Crippen molar-refractivity contribution < 1.29 is 9.53 Å². The van der Waals surface area contributed by atoms with Crippen molar-refractivity contribution in [3.05, 3.63) is 96.2 Å². The first-order valence-corrected chi connectivity index (χ1v) is 12.4. The van der Waals surface area contributed by atoms with Crippen LogP contribution in [0.3, 0.4) is 0 Å². The third-order valence-electron chi connectivity index (χ3n) is 4.52. The van der Waals surface area contributed by atoms with Gasteiger partial charge in [-0.2, -0.15) is 0 Å². The highest BCUT2D eigenvalue weighted by Crippen LogP contribution is 2.39. The molecule has 1 fully saturated rings. The molecule has 0 aliphatic carbocycles. The molecule has 3 nitrogen and oxygen atoms in total. The minimum Gasteiger partial charge on any atom is -0.488 e. The Kier molecular flexibility index (Phi) is 7.50. The van der Waals surface area contributed by atoms with Gasteiger partial charge < -0.3 is 4.74 Å². The second-order valence-electron chi connectivity index (χ2n) is 6.71. The van der Waals surface area contributed by atoms with Crippen molar-refractivity contribution >= 4 is 96.7 Å². The summed E-state index contributed by atoms with van der Waals surface area (Å²) in [4.78, 5) is 15.1. The highest BCUT2D eigenvalue weighted by atomic mass is 79.9. The first-order valence-electron chi connectivity index (χ1n) is 9.21. The number of amides is 1. The first kappa shape index (κ1) is 23.6. The van der Waals surface area contributed by atoms with E-state index >= 15 is 0 Å². The zero-order valence-electron chi connectivity index (χ0n) is 16.2. The fourth-order valence-electron chi connectivity index (χ4n) is 2.96. The number of thioether (sulfide) groups is 1. The lowest BCUT2D eigenvalue weighted by molar-refractivity contribution is -0.113. The standard InChI is InChI=1S/C23H13BrCl3NO2S2/c24-15-3-8-20(30-12-13-1-4-16(25)5-2-13)14(9-15)10-21-22(29)28(23(31)32-21)17-6-7-18(26)19(27)11-17/h1-11H,12H2/b21-10-. The van der Waals surface area contributed by atoms with Crippen molar-refractivity contribution in [3.63, 3.8) is 0 Å². The Morgan fingerprint density at radius 2 is 1.75 bits per heavy atom. The predicted octanol–water partition coefficient (Wildman–Crippen LogP) is 8.39. The number of hydrogen-bond acceptors (Lipinski definition) is 4. The summed E-state index contributed by atoms with van der Waals surface area (Å²) in [5, 5.41) is 1.43. The molecular weight excluding hydrogens is 573 g/mol. The molecule has 0 saturated carbocycles. The summed E-state index contributed by atoms with van der Waals surface area (Å²) in [6, 6.07) is 18.0. The smallest absolute Gasteiger partial charge is 0.270 e. The van der Waals surface area contributed by atoms with Gasteiger partial charge in [0.05, 0.1) is 20.6 Å². The number of halogens is 4. The van der Waals surface area contributed by atoms with Crippen LogP contribution < -0.4 is 9.64 Å². The van der Waals surface area contributed by atoms with Gasteiger partial charge in [0.2, 0.25) is 0 Å². The van der Waals surface area contributed by atoms with Crippen LogP contribution >= 0.6 is 74.7 Å². The van der Waals surface area contributed by atoms with Crippen molar-refractivity contribution in [2.45, 2.75) is 6.61 Å². The van der Waals surface area contributed by atoms with Gasteiger partial charge >= 0.3 is 0 Å². The number of hydrogen-bond donors (Lipinski definition) is 0.